The van der Waals surface area contributed by atoms with Crippen molar-refractivity contribution in [1.82, 2.24) is 0 Å². The maximum atomic E-state index is 11.8. The van der Waals surface area contributed by atoms with E-state index in [1.165, 1.54) is 24.3 Å². The maximum absolute atomic E-state index is 11.8. The van der Waals surface area contributed by atoms with Gasteiger partial charge in [-0.05, 0) is 24.3 Å². The zero-order valence-electron chi connectivity index (χ0n) is 9.74. The SMILES string of the molecule is O=C1OCC(CCOS(=O)(=O)c2ccc(Cl)cc2)O1. The van der Waals surface area contributed by atoms with Crippen molar-refractivity contribution in [2.24, 2.45) is 0 Å². The molecule has 0 bridgehead atoms. The van der Waals surface area contributed by atoms with Gasteiger partial charge in [0.05, 0.1) is 11.5 Å². The van der Waals surface area contributed by atoms with Crippen molar-refractivity contribution in [3.8, 4) is 0 Å². The lowest BCUT2D eigenvalue weighted by atomic mass is 10.3. The fraction of sp³-hybridized carbons (Fsp3) is 0.364. The van der Waals surface area contributed by atoms with Crippen molar-refractivity contribution in [2.45, 2.75) is 17.4 Å². The van der Waals surface area contributed by atoms with E-state index in [0.717, 1.165) is 0 Å². The standard InChI is InChI=1S/C11H11ClO6S/c12-8-1-3-10(4-2-8)19(14,15)17-6-5-9-7-16-11(13)18-9/h1-4,9H,5-7H2. The smallest absolute Gasteiger partial charge is 0.430 e. The number of cyclic esters (lactones) is 2. The molecule has 6 nitrogen and oxygen atoms in total. The van der Waals surface area contributed by atoms with Crippen molar-refractivity contribution in [2.75, 3.05) is 13.2 Å². The zero-order valence-corrected chi connectivity index (χ0v) is 11.3. The number of carbonyl (C=O) groups is 1. The molecule has 0 aromatic heterocycles. The van der Waals surface area contributed by atoms with Crippen LogP contribution in [-0.2, 0) is 23.8 Å². The molecule has 104 valence electrons. The molecule has 19 heavy (non-hydrogen) atoms. The Hall–Kier alpha value is -1.31. The minimum atomic E-state index is -3.82. The minimum absolute atomic E-state index is 0.0246. The average molecular weight is 307 g/mol. The summed E-state index contributed by atoms with van der Waals surface area (Å²) in [6.07, 6.45) is -0.961. The van der Waals surface area contributed by atoms with Crippen LogP contribution in [0.3, 0.4) is 0 Å². The Morgan fingerprint density at radius 2 is 2.00 bits per heavy atom. The molecule has 1 fully saturated rings. The number of benzene rings is 1. The van der Waals surface area contributed by atoms with E-state index in [2.05, 4.69) is 4.74 Å². The Morgan fingerprint density at radius 1 is 1.32 bits per heavy atom. The molecular weight excluding hydrogens is 296 g/mol. The van der Waals surface area contributed by atoms with E-state index in [1.54, 1.807) is 0 Å². The molecule has 1 unspecified atom stereocenters. The molecule has 1 heterocycles. The van der Waals surface area contributed by atoms with E-state index in [9.17, 15) is 13.2 Å². The molecule has 0 spiro atoms. The second kappa shape index (κ2) is 5.77. The monoisotopic (exact) mass is 306 g/mol. The molecule has 1 saturated heterocycles. The third-order valence-electron chi connectivity index (χ3n) is 2.43. The predicted molar refractivity (Wildman–Crippen MR) is 65.4 cm³/mol. The minimum Gasteiger partial charge on any atom is -0.430 e. The summed E-state index contributed by atoms with van der Waals surface area (Å²) < 4.78 is 37.7. The fourth-order valence-electron chi connectivity index (χ4n) is 1.47. The van der Waals surface area contributed by atoms with Gasteiger partial charge in [0.15, 0.2) is 0 Å². The Bertz CT molecular complexity index is 553. The average Bonchev–Trinajstić information content (AvgIpc) is 2.75. The zero-order chi connectivity index (χ0) is 13.9. The van der Waals surface area contributed by atoms with E-state index >= 15 is 0 Å². The second-order valence-corrected chi connectivity index (χ2v) is 5.87. The summed E-state index contributed by atoms with van der Waals surface area (Å²) >= 11 is 5.67. The van der Waals surface area contributed by atoms with Gasteiger partial charge >= 0.3 is 6.16 Å². The molecule has 1 aliphatic heterocycles. The third-order valence-corrected chi connectivity index (χ3v) is 4.01. The fourth-order valence-corrected chi connectivity index (χ4v) is 2.51. The molecular formula is C11H11ClO6S. The summed E-state index contributed by atoms with van der Waals surface area (Å²) in [6, 6.07) is 5.64. The van der Waals surface area contributed by atoms with Crippen molar-refractivity contribution >= 4 is 27.9 Å². The van der Waals surface area contributed by atoms with Gasteiger partial charge in [-0.1, -0.05) is 11.6 Å². The van der Waals surface area contributed by atoms with Gasteiger partial charge in [-0.25, -0.2) is 4.79 Å². The van der Waals surface area contributed by atoms with Crippen LogP contribution in [0.4, 0.5) is 4.79 Å². The summed E-state index contributed by atoms with van der Waals surface area (Å²) in [5.41, 5.74) is 0. The first-order valence-corrected chi connectivity index (χ1v) is 7.24. The van der Waals surface area contributed by atoms with E-state index in [1.807, 2.05) is 0 Å². The van der Waals surface area contributed by atoms with Gasteiger partial charge in [0, 0.05) is 11.4 Å². The van der Waals surface area contributed by atoms with Crippen LogP contribution in [0.15, 0.2) is 29.2 Å². The van der Waals surface area contributed by atoms with E-state index < -0.39 is 22.4 Å². The van der Waals surface area contributed by atoms with Crippen LogP contribution in [0.1, 0.15) is 6.42 Å². The van der Waals surface area contributed by atoms with E-state index in [-0.39, 0.29) is 24.5 Å². The van der Waals surface area contributed by atoms with E-state index in [0.29, 0.717) is 5.02 Å². The van der Waals surface area contributed by atoms with Crippen molar-refractivity contribution < 1.29 is 26.9 Å². The number of rotatable bonds is 5. The highest BCUT2D eigenvalue weighted by Crippen LogP contribution is 2.17. The summed E-state index contributed by atoms with van der Waals surface area (Å²) in [4.78, 5) is 10.7. The highest BCUT2D eigenvalue weighted by Gasteiger charge is 2.25. The van der Waals surface area contributed by atoms with Crippen LogP contribution in [0.5, 0.6) is 0 Å². The number of halogens is 1. The second-order valence-electron chi connectivity index (χ2n) is 3.82. The van der Waals surface area contributed by atoms with Gasteiger partial charge < -0.3 is 9.47 Å². The Kier molecular flexibility index (Phi) is 4.28. The Labute approximate surface area is 115 Å². The molecule has 0 radical (unpaired) electrons. The number of hydrogen-bond donors (Lipinski definition) is 0. The van der Waals surface area contributed by atoms with Crippen molar-refractivity contribution in [1.29, 1.82) is 0 Å². The number of ether oxygens (including phenoxy) is 2. The highest BCUT2D eigenvalue weighted by atomic mass is 35.5. The van der Waals surface area contributed by atoms with Crippen LogP contribution in [-0.4, -0.2) is 33.9 Å². The molecule has 2 rings (SSSR count). The van der Waals surface area contributed by atoms with Gasteiger partial charge in [0.2, 0.25) is 0 Å². The normalized spacial score (nSPS) is 19.0. The molecule has 0 N–H and O–H groups in total. The molecule has 0 aliphatic carbocycles. The molecule has 8 heteroatoms. The molecule has 1 aromatic carbocycles. The lowest BCUT2D eigenvalue weighted by Gasteiger charge is -2.08. The van der Waals surface area contributed by atoms with Gasteiger partial charge in [0.25, 0.3) is 10.1 Å². The van der Waals surface area contributed by atoms with Crippen LogP contribution in [0.25, 0.3) is 0 Å². The largest absolute Gasteiger partial charge is 0.508 e. The molecule has 0 amide bonds. The first-order valence-electron chi connectivity index (χ1n) is 5.46. The lowest BCUT2D eigenvalue weighted by Crippen LogP contribution is -2.15. The van der Waals surface area contributed by atoms with Crippen molar-refractivity contribution in [3.05, 3.63) is 29.3 Å². The maximum Gasteiger partial charge on any atom is 0.508 e. The summed E-state index contributed by atoms with van der Waals surface area (Å²) in [5, 5.41) is 0.439. The predicted octanol–water partition coefficient (Wildman–Crippen LogP) is 1.97. The molecule has 1 atom stereocenters. The Morgan fingerprint density at radius 3 is 2.58 bits per heavy atom. The van der Waals surface area contributed by atoms with E-state index in [4.69, 9.17) is 20.5 Å². The van der Waals surface area contributed by atoms with Crippen LogP contribution in [0, 0.1) is 0 Å². The molecule has 0 saturated carbocycles. The topological polar surface area (TPSA) is 78.9 Å². The van der Waals surface area contributed by atoms with Crippen molar-refractivity contribution in [3.63, 3.8) is 0 Å². The summed E-state index contributed by atoms with van der Waals surface area (Å²) in [5.74, 6) is 0. The molecule has 1 aliphatic rings. The van der Waals surface area contributed by atoms with Crippen LogP contribution >= 0.6 is 11.6 Å². The lowest BCUT2D eigenvalue weighted by molar-refractivity contribution is 0.111. The number of hydrogen-bond acceptors (Lipinski definition) is 6. The van der Waals surface area contributed by atoms with Gasteiger partial charge in [-0.3, -0.25) is 4.18 Å². The Balaban J connectivity index is 1.87. The summed E-state index contributed by atoms with van der Waals surface area (Å²) in [7, 11) is -3.82. The van der Waals surface area contributed by atoms with Crippen LogP contribution in [0.2, 0.25) is 5.02 Å². The van der Waals surface area contributed by atoms with Crippen LogP contribution < -0.4 is 0 Å². The molecule has 1 aromatic rings. The first-order chi connectivity index (χ1) is 8.97. The van der Waals surface area contributed by atoms with Gasteiger partial charge in [0.1, 0.15) is 12.7 Å². The quantitative estimate of drug-likeness (QED) is 0.611. The highest BCUT2D eigenvalue weighted by molar-refractivity contribution is 7.86. The first kappa shape index (κ1) is 14.1. The summed E-state index contributed by atoms with van der Waals surface area (Å²) in [6.45, 7) is 0.0233. The third kappa shape index (κ3) is 3.82. The van der Waals surface area contributed by atoms with Gasteiger partial charge in [-0.15, -0.1) is 0 Å². The number of carbonyl (C=O) groups excluding carboxylic acids is 1. The van der Waals surface area contributed by atoms with Gasteiger partial charge in [-0.2, -0.15) is 8.42 Å².